The number of carbonyl (C=O) groups excluding carboxylic acids is 13. The molecule has 34 nitrogen and oxygen atoms in total. The van der Waals surface area contributed by atoms with Gasteiger partial charge in [0.25, 0.3) is 0 Å². The van der Waals surface area contributed by atoms with Gasteiger partial charge >= 0.3 is 5.97 Å². The Labute approximate surface area is 507 Å². The molecule has 490 valence electrons. The van der Waals surface area contributed by atoms with Crippen molar-refractivity contribution < 1.29 is 120 Å². The zero-order valence-corrected chi connectivity index (χ0v) is 50.3. The standard InChI is InChI=1S/C51H87N13O21.Fe/c1-7-8-9-10-11-12-13-20-40(71)56-38(28-66)49(80)57-35(18-15-22-63(84)32(5)69)46(77)52-25-42(73)61-44(30(2)3)51(82)60-39(29-67)50(81)58-36(19-16-23-64(85)33(6)70)48(79)59-37(27-65)47(78)53-24-41(72)55-34(45(76)54-26-43(74)75)17-14-21-62(83)31(4)68;/h12-13,30,34-39,44,65-67,83-85H,7-11,14-29H2,1-6H3,(H,52,77)(H,53,78)(H,54,76)(H,55,72)(H,56,71)(H,57,80)(H,58,81)(H,59,79)(H,60,82)(H,61,73)(H,74,75);/b13-12-;/t34?,35?,36?,37-,38+,39-,44-;/m1./s1. The Kier molecular flexibility index (Phi) is 42.2. The van der Waals surface area contributed by atoms with E-state index in [1.54, 1.807) is 6.08 Å². The van der Waals surface area contributed by atoms with Crippen molar-refractivity contribution in [2.24, 2.45) is 5.92 Å². The molecule has 0 aromatic heterocycles. The number of hydroxylamine groups is 6. The van der Waals surface area contributed by atoms with Gasteiger partial charge in [0.15, 0.2) is 0 Å². The summed E-state index contributed by atoms with van der Waals surface area (Å²) in [4.78, 5) is 178. The van der Waals surface area contributed by atoms with Crippen molar-refractivity contribution in [3.8, 4) is 0 Å². The van der Waals surface area contributed by atoms with E-state index in [4.69, 9.17) is 5.11 Å². The molecule has 3 unspecified atom stereocenters. The molecule has 0 radical (unpaired) electrons. The molecule has 17 N–H and O–H groups in total. The van der Waals surface area contributed by atoms with E-state index in [1.807, 2.05) is 6.08 Å². The minimum Gasteiger partial charge on any atom is -0.480 e. The number of carboxylic acid groups (broad SMARTS) is 1. The molecule has 0 aliphatic rings. The van der Waals surface area contributed by atoms with Crippen molar-refractivity contribution >= 4 is 82.8 Å². The van der Waals surface area contributed by atoms with Gasteiger partial charge in [-0.05, 0) is 57.3 Å². The summed E-state index contributed by atoms with van der Waals surface area (Å²) in [6.07, 6.45) is 6.96. The van der Waals surface area contributed by atoms with Crippen molar-refractivity contribution in [2.45, 2.75) is 161 Å². The van der Waals surface area contributed by atoms with Gasteiger partial charge in [-0.15, -0.1) is 0 Å². The van der Waals surface area contributed by atoms with Crippen LogP contribution in [0.3, 0.4) is 0 Å². The van der Waals surface area contributed by atoms with Crippen LogP contribution in [-0.4, -0.2) is 235 Å². The third kappa shape index (κ3) is 34.5. The first-order valence-electron chi connectivity index (χ1n) is 27.6. The summed E-state index contributed by atoms with van der Waals surface area (Å²) >= 11 is 0. The summed E-state index contributed by atoms with van der Waals surface area (Å²) in [6, 6.07) is -11.3. The van der Waals surface area contributed by atoms with E-state index in [0.717, 1.165) is 52.9 Å². The maximum absolute atomic E-state index is 13.7. The van der Waals surface area contributed by atoms with E-state index in [-0.39, 0.29) is 73.7 Å². The smallest absolute Gasteiger partial charge is 0.322 e. The van der Waals surface area contributed by atoms with E-state index in [2.05, 4.69) is 60.1 Å². The first-order valence-corrected chi connectivity index (χ1v) is 27.6. The SMILES string of the molecule is CCCCCC/C=C\CC(=O)N[C@@H](CO)C(=O)NC(CCCN(O)C(C)=O)C(=O)NCC(=O)N[C@@H](C(=O)N[C@H](CO)C(=O)NC(CCCN(O)C(C)=O)C(=O)N[C@H](CO)C(=O)NCC(=O)NC(CCCN(O)C(C)=O)C(=O)NCC(=O)O)C(C)C.[Fe]. The first kappa shape index (κ1) is 80.7. The molecule has 0 fully saturated rings. The van der Waals surface area contributed by atoms with Crippen molar-refractivity contribution in [1.82, 2.24) is 68.4 Å². The molecule has 0 aromatic rings. The molecule has 0 bridgehead atoms. The van der Waals surface area contributed by atoms with E-state index < -0.39 is 183 Å². The fraction of sp³-hybridized carbons (Fsp3) is 0.686. The zero-order valence-electron chi connectivity index (χ0n) is 49.2. The number of aliphatic hydroxyl groups is 3. The molecule has 0 aliphatic heterocycles. The van der Waals surface area contributed by atoms with Crippen LogP contribution in [0.1, 0.15) is 119 Å². The second kappa shape index (κ2) is 45.0. The van der Waals surface area contributed by atoms with Gasteiger partial charge in [0.05, 0.1) is 32.9 Å². The molecule has 7 atom stereocenters. The van der Waals surface area contributed by atoms with Crippen LogP contribution in [0.5, 0.6) is 0 Å². The summed E-state index contributed by atoms with van der Waals surface area (Å²) in [7, 11) is 0. The van der Waals surface area contributed by atoms with Crippen LogP contribution in [-0.2, 0) is 84.2 Å². The van der Waals surface area contributed by atoms with Gasteiger partial charge in [0.1, 0.15) is 48.8 Å². The minimum absolute atomic E-state index is 0. The molecule has 0 heterocycles. The number of allylic oxidation sites excluding steroid dienone is 1. The van der Waals surface area contributed by atoms with Crippen molar-refractivity contribution in [2.75, 3.05) is 59.1 Å². The van der Waals surface area contributed by atoms with Crippen LogP contribution in [0.4, 0.5) is 0 Å². The number of amides is 13. The average Bonchev–Trinajstić information content (AvgIpc) is 3.40. The predicted octanol–water partition coefficient (Wildman–Crippen LogP) is -5.59. The van der Waals surface area contributed by atoms with Gasteiger partial charge in [-0.3, -0.25) is 82.7 Å². The predicted molar refractivity (Wildman–Crippen MR) is 294 cm³/mol. The number of rotatable bonds is 43. The van der Waals surface area contributed by atoms with Crippen LogP contribution in [0, 0.1) is 5.92 Å². The Balaban J connectivity index is 0. The van der Waals surface area contributed by atoms with Crippen molar-refractivity contribution in [3.05, 3.63) is 12.2 Å². The maximum atomic E-state index is 13.7. The molecule has 0 saturated heterocycles. The molecule has 13 amide bonds. The molecular weight excluding hydrogens is 1190 g/mol. The van der Waals surface area contributed by atoms with E-state index in [0.29, 0.717) is 10.1 Å². The molecule has 0 aromatic carbocycles. The topological polar surface area (TPSA) is 511 Å². The first-order chi connectivity index (χ1) is 40.0. The number of hydrogen-bond donors (Lipinski definition) is 17. The van der Waals surface area contributed by atoms with E-state index >= 15 is 0 Å². The molecular formula is C51H87FeN13O21. The van der Waals surface area contributed by atoms with Gasteiger partial charge in [-0.2, -0.15) is 0 Å². The molecule has 0 spiro atoms. The summed E-state index contributed by atoms with van der Waals surface area (Å²) < 4.78 is 0. The number of unbranched alkanes of at least 4 members (excludes halogenated alkanes) is 4. The Morgan fingerprint density at radius 2 is 0.767 bits per heavy atom. The monoisotopic (exact) mass is 1270 g/mol. The van der Waals surface area contributed by atoms with Crippen LogP contribution in [0.2, 0.25) is 0 Å². The Morgan fingerprint density at radius 3 is 1.19 bits per heavy atom. The van der Waals surface area contributed by atoms with E-state index in [1.165, 1.54) is 13.8 Å². The van der Waals surface area contributed by atoms with Crippen molar-refractivity contribution in [3.63, 3.8) is 0 Å². The average molecular weight is 1270 g/mol. The number of aliphatic carboxylic acids is 1. The van der Waals surface area contributed by atoms with Crippen LogP contribution >= 0.6 is 0 Å². The van der Waals surface area contributed by atoms with Gasteiger partial charge in [0.2, 0.25) is 76.8 Å². The summed E-state index contributed by atoms with van der Waals surface area (Å²) in [5.41, 5.74) is 0. The number of aliphatic hydroxyl groups excluding tert-OH is 3. The summed E-state index contributed by atoms with van der Waals surface area (Å²) in [5.74, 6) is -14.6. The summed E-state index contributed by atoms with van der Waals surface area (Å²) in [6.45, 7) is 1.58. The Bertz CT molecular complexity index is 2280. The number of carbonyl (C=O) groups is 14. The van der Waals surface area contributed by atoms with Gasteiger partial charge in [0, 0.05) is 63.9 Å². The third-order valence-corrected chi connectivity index (χ3v) is 12.3. The Morgan fingerprint density at radius 1 is 0.419 bits per heavy atom. The van der Waals surface area contributed by atoms with Crippen LogP contribution < -0.4 is 53.2 Å². The third-order valence-electron chi connectivity index (χ3n) is 12.3. The molecule has 35 heteroatoms. The molecule has 0 saturated carbocycles. The van der Waals surface area contributed by atoms with Gasteiger partial charge in [-0.1, -0.05) is 52.2 Å². The zero-order chi connectivity index (χ0) is 64.8. The van der Waals surface area contributed by atoms with Crippen molar-refractivity contribution in [1.29, 1.82) is 0 Å². The van der Waals surface area contributed by atoms with Crippen LogP contribution in [0.25, 0.3) is 0 Å². The minimum atomic E-state index is -1.86. The molecule has 0 rings (SSSR count). The quantitative estimate of drug-likeness (QED) is 0.00890. The maximum Gasteiger partial charge on any atom is 0.322 e. The van der Waals surface area contributed by atoms with E-state index in [9.17, 15) is 98.1 Å². The summed E-state index contributed by atoms with van der Waals surface area (Å²) in [5, 5.41) is 92.2. The number of hydrogen-bond acceptors (Lipinski definition) is 20. The number of carboxylic acids is 1. The van der Waals surface area contributed by atoms with Gasteiger partial charge < -0.3 is 73.6 Å². The molecule has 0 aliphatic carbocycles. The fourth-order valence-corrected chi connectivity index (χ4v) is 7.40. The molecule has 86 heavy (non-hydrogen) atoms. The number of nitrogens with one attached hydrogen (secondary N) is 10. The second-order valence-corrected chi connectivity index (χ2v) is 19.7. The normalized spacial score (nSPS) is 13.3. The van der Waals surface area contributed by atoms with Gasteiger partial charge in [-0.25, -0.2) is 15.2 Å². The number of nitrogens with zero attached hydrogens (tertiary/aromatic N) is 3. The largest absolute Gasteiger partial charge is 0.480 e. The fourth-order valence-electron chi connectivity index (χ4n) is 7.40. The second-order valence-electron chi connectivity index (χ2n) is 19.7. The Hall–Kier alpha value is -7.40. The van der Waals surface area contributed by atoms with Crippen LogP contribution in [0.15, 0.2) is 12.2 Å².